The zero-order valence-electron chi connectivity index (χ0n) is 19.5. The number of hydrogen-bond acceptors (Lipinski definition) is 1. The van der Waals surface area contributed by atoms with Crippen LogP contribution >= 0.6 is 11.3 Å². The Bertz CT molecular complexity index is 2090. The fourth-order valence-electron chi connectivity index (χ4n) is 5.74. The lowest BCUT2D eigenvalue weighted by molar-refractivity contribution is 1.54. The predicted molar refractivity (Wildman–Crippen MR) is 157 cm³/mol. The SMILES string of the molecule is c1ccc2c(c1)ccc1[nH]c3c(-c4ccc(-c5cccc6c5sc5ccccc56)cc4)cccc3c12. The first kappa shape index (κ1) is 19.9. The van der Waals surface area contributed by atoms with Gasteiger partial charge in [-0.1, -0.05) is 109 Å². The number of thiophene rings is 1. The number of rotatable bonds is 2. The highest BCUT2D eigenvalue weighted by molar-refractivity contribution is 7.26. The number of para-hydroxylation sites is 1. The Labute approximate surface area is 212 Å². The molecule has 0 saturated carbocycles. The first-order chi connectivity index (χ1) is 17.8. The van der Waals surface area contributed by atoms with Crippen LogP contribution in [0.3, 0.4) is 0 Å². The fourth-order valence-corrected chi connectivity index (χ4v) is 6.98. The lowest BCUT2D eigenvalue weighted by Crippen LogP contribution is -1.82. The molecule has 8 aromatic rings. The molecule has 2 aromatic heterocycles. The van der Waals surface area contributed by atoms with Crippen molar-refractivity contribution in [1.82, 2.24) is 4.98 Å². The number of aromatic nitrogens is 1. The van der Waals surface area contributed by atoms with Crippen LogP contribution in [0.15, 0.2) is 121 Å². The van der Waals surface area contributed by atoms with Crippen LogP contribution in [0.4, 0.5) is 0 Å². The summed E-state index contributed by atoms with van der Waals surface area (Å²) in [7, 11) is 0. The van der Waals surface area contributed by atoms with E-state index in [-0.39, 0.29) is 0 Å². The molecule has 2 heterocycles. The molecule has 1 N–H and O–H groups in total. The summed E-state index contributed by atoms with van der Waals surface area (Å²) in [5, 5.41) is 7.83. The molecule has 0 aliphatic carbocycles. The summed E-state index contributed by atoms with van der Waals surface area (Å²) in [5.74, 6) is 0. The molecule has 168 valence electrons. The van der Waals surface area contributed by atoms with Crippen molar-refractivity contribution in [3.63, 3.8) is 0 Å². The third-order valence-electron chi connectivity index (χ3n) is 7.43. The van der Waals surface area contributed by atoms with Crippen LogP contribution in [0, 0.1) is 0 Å². The van der Waals surface area contributed by atoms with E-state index >= 15 is 0 Å². The van der Waals surface area contributed by atoms with Gasteiger partial charge < -0.3 is 4.98 Å². The average molecular weight is 476 g/mol. The van der Waals surface area contributed by atoms with Crippen molar-refractivity contribution >= 4 is 64.1 Å². The third-order valence-corrected chi connectivity index (χ3v) is 8.65. The van der Waals surface area contributed by atoms with E-state index in [0.29, 0.717) is 0 Å². The van der Waals surface area contributed by atoms with Gasteiger partial charge >= 0.3 is 0 Å². The summed E-state index contributed by atoms with van der Waals surface area (Å²) in [6.07, 6.45) is 0. The minimum Gasteiger partial charge on any atom is -0.354 e. The number of hydrogen-bond donors (Lipinski definition) is 1. The molecule has 0 spiro atoms. The standard InChI is InChI=1S/C34H21NS/c1-2-8-24-21(7-1)19-20-30-32(24)29-13-5-10-25(33(29)35-30)22-15-17-23(18-16-22)26-11-6-12-28-27-9-3-4-14-31(27)36-34(26)28/h1-20,35H. The summed E-state index contributed by atoms with van der Waals surface area (Å²) < 4.78 is 2.70. The fraction of sp³-hybridized carbons (Fsp3) is 0. The maximum absolute atomic E-state index is 3.72. The minimum absolute atomic E-state index is 1.18. The topological polar surface area (TPSA) is 15.8 Å². The van der Waals surface area contributed by atoms with Gasteiger partial charge in [-0.3, -0.25) is 0 Å². The lowest BCUT2D eigenvalue weighted by Gasteiger charge is -2.08. The van der Waals surface area contributed by atoms with E-state index in [2.05, 4.69) is 126 Å². The van der Waals surface area contributed by atoms with E-state index in [9.17, 15) is 0 Å². The van der Waals surface area contributed by atoms with Crippen molar-refractivity contribution in [3.05, 3.63) is 121 Å². The molecule has 0 atom stereocenters. The van der Waals surface area contributed by atoms with Gasteiger partial charge in [0.05, 0.1) is 5.52 Å². The number of nitrogens with one attached hydrogen (secondary N) is 1. The Morgan fingerprint density at radius 3 is 2.00 bits per heavy atom. The molecule has 1 nitrogen and oxygen atoms in total. The van der Waals surface area contributed by atoms with Crippen molar-refractivity contribution in [3.8, 4) is 22.3 Å². The van der Waals surface area contributed by atoms with Crippen LogP contribution in [0.5, 0.6) is 0 Å². The normalized spacial score (nSPS) is 11.9. The van der Waals surface area contributed by atoms with Crippen LogP contribution < -0.4 is 0 Å². The molecule has 0 radical (unpaired) electrons. The molecular weight excluding hydrogens is 454 g/mol. The molecule has 0 amide bonds. The van der Waals surface area contributed by atoms with Gasteiger partial charge in [-0.25, -0.2) is 0 Å². The molecule has 0 bridgehead atoms. The Hall–Kier alpha value is -4.40. The smallest absolute Gasteiger partial charge is 0.0544 e. The quantitative estimate of drug-likeness (QED) is 0.256. The highest BCUT2D eigenvalue weighted by Crippen LogP contribution is 2.41. The summed E-state index contributed by atoms with van der Waals surface area (Å²) >= 11 is 1.88. The highest BCUT2D eigenvalue weighted by Gasteiger charge is 2.13. The number of fused-ring (bicyclic) bond motifs is 8. The van der Waals surface area contributed by atoms with Crippen LogP contribution in [-0.2, 0) is 0 Å². The zero-order chi connectivity index (χ0) is 23.6. The second kappa shape index (κ2) is 7.55. The van der Waals surface area contributed by atoms with E-state index in [0.717, 1.165) is 0 Å². The van der Waals surface area contributed by atoms with E-state index < -0.39 is 0 Å². The largest absolute Gasteiger partial charge is 0.354 e. The van der Waals surface area contributed by atoms with Gasteiger partial charge in [0.2, 0.25) is 0 Å². The second-order valence-electron chi connectivity index (χ2n) is 9.42. The predicted octanol–water partition coefficient (Wildman–Crippen LogP) is 10.2. The van der Waals surface area contributed by atoms with Gasteiger partial charge in [-0.15, -0.1) is 11.3 Å². The summed E-state index contributed by atoms with van der Waals surface area (Å²) in [6, 6.07) is 44.1. The lowest BCUT2D eigenvalue weighted by atomic mass is 9.97. The van der Waals surface area contributed by atoms with Gasteiger partial charge in [-0.2, -0.15) is 0 Å². The van der Waals surface area contributed by atoms with E-state index in [1.54, 1.807) is 0 Å². The van der Waals surface area contributed by atoms with Crippen LogP contribution in [0.2, 0.25) is 0 Å². The zero-order valence-corrected chi connectivity index (χ0v) is 20.3. The molecule has 0 unspecified atom stereocenters. The van der Waals surface area contributed by atoms with Crippen LogP contribution in [0.1, 0.15) is 0 Å². The van der Waals surface area contributed by atoms with E-state index in [4.69, 9.17) is 0 Å². The second-order valence-corrected chi connectivity index (χ2v) is 10.5. The Morgan fingerprint density at radius 1 is 0.472 bits per heavy atom. The Balaban J connectivity index is 1.29. The van der Waals surface area contributed by atoms with Crippen molar-refractivity contribution in [1.29, 1.82) is 0 Å². The van der Waals surface area contributed by atoms with E-state index in [1.165, 1.54) is 75.0 Å². The molecule has 0 fully saturated rings. The molecule has 36 heavy (non-hydrogen) atoms. The molecule has 2 heteroatoms. The van der Waals surface area contributed by atoms with Gasteiger partial charge in [0.25, 0.3) is 0 Å². The van der Waals surface area contributed by atoms with Crippen molar-refractivity contribution in [2.24, 2.45) is 0 Å². The maximum Gasteiger partial charge on any atom is 0.0544 e. The molecule has 0 aliphatic heterocycles. The van der Waals surface area contributed by atoms with Gasteiger partial charge in [0.15, 0.2) is 0 Å². The highest BCUT2D eigenvalue weighted by atomic mass is 32.1. The Morgan fingerprint density at radius 2 is 1.14 bits per heavy atom. The van der Waals surface area contributed by atoms with Gasteiger partial charge in [0.1, 0.15) is 0 Å². The maximum atomic E-state index is 3.72. The summed E-state index contributed by atoms with van der Waals surface area (Å²) in [4.78, 5) is 3.72. The van der Waals surface area contributed by atoms with Gasteiger partial charge in [0, 0.05) is 42.0 Å². The van der Waals surface area contributed by atoms with Gasteiger partial charge in [-0.05, 0) is 39.6 Å². The summed E-state index contributed by atoms with van der Waals surface area (Å²) in [5.41, 5.74) is 7.40. The number of H-pyrrole nitrogens is 1. The monoisotopic (exact) mass is 475 g/mol. The van der Waals surface area contributed by atoms with Crippen LogP contribution in [-0.4, -0.2) is 4.98 Å². The third kappa shape index (κ3) is 2.82. The van der Waals surface area contributed by atoms with Crippen molar-refractivity contribution < 1.29 is 0 Å². The molecular formula is C34H21NS. The molecule has 8 rings (SSSR count). The minimum atomic E-state index is 1.18. The molecule has 0 saturated heterocycles. The number of aromatic amines is 1. The summed E-state index contributed by atoms with van der Waals surface area (Å²) in [6.45, 7) is 0. The van der Waals surface area contributed by atoms with Crippen LogP contribution in [0.25, 0.3) is 75.0 Å². The number of benzene rings is 6. The molecule has 6 aromatic carbocycles. The van der Waals surface area contributed by atoms with Crippen molar-refractivity contribution in [2.45, 2.75) is 0 Å². The van der Waals surface area contributed by atoms with E-state index in [1.807, 2.05) is 11.3 Å². The Kier molecular flexibility index (Phi) is 4.16. The van der Waals surface area contributed by atoms with Crippen molar-refractivity contribution in [2.75, 3.05) is 0 Å². The average Bonchev–Trinajstić information content (AvgIpc) is 3.52. The first-order valence-electron chi connectivity index (χ1n) is 12.3. The first-order valence-corrected chi connectivity index (χ1v) is 13.1. The molecule has 0 aliphatic rings.